The second-order valence-corrected chi connectivity index (χ2v) is 4.52. The van der Waals surface area contributed by atoms with Crippen molar-refractivity contribution in [1.29, 1.82) is 0 Å². The van der Waals surface area contributed by atoms with Crippen LogP contribution in [-0.2, 0) is 0 Å². The topological polar surface area (TPSA) is 0 Å². The van der Waals surface area contributed by atoms with Crippen LogP contribution in [0.3, 0.4) is 0 Å². The zero-order chi connectivity index (χ0) is 10.1. The number of hydrogen-bond donors (Lipinski definition) is 0. The van der Waals surface area contributed by atoms with E-state index in [1.165, 1.54) is 18.2 Å². The Balaban J connectivity index is 2.86. The fourth-order valence-corrected chi connectivity index (χ4v) is 1.90. The molecule has 0 bridgehead atoms. The van der Waals surface area contributed by atoms with Crippen LogP contribution < -0.4 is 0 Å². The van der Waals surface area contributed by atoms with Gasteiger partial charge in [-0.15, -0.1) is 0 Å². The molecular weight excluding hydrogens is 288 g/mol. The highest BCUT2D eigenvalue weighted by Crippen LogP contribution is 2.38. The predicted molar refractivity (Wildman–Crippen MR) is 51.1 cm³/mol. The van der Waals surface area contributed by atoms with Crippen molar-refractivity contribution >= 4 is 39.3 Å². The summed E-state index contributed by atoms with van der Waals surface area (Å²) in [5.41, 5.74) is -4.26. The fraction of sp³-hybridized carbons (Fsp3) is 0.143. The van der Waals surface area contributed by atoms with E-state index in [0.717, 1.165) is 0 Å². The van der Waals surface area contributed by atoms with Gasteiger partial charge in [-0.2, -0.15) is 13.2 Å². The lowest BCUT2D eigenvalue weighted by atomic mass is 10.4. The maximum absolute atomic E-state index is 11.9. The third-order valence-electron chi connectivity index (χ3n) is 1.12. The average molecular weight is 292 g/mol. The van der Waals surface area contributed by atoms with Gasteiger partial charge in [0.15, 0.2) is 0 Å². The van der Waals surface area contributed by atoms with Crippen LogP contribution >= 0.6 is 39.3 Å². The minimum atomic E-state index is -4.26. The quantitative estimate of drug-likeness (QED) is 0.675. The Morgan fingerprint density at radius 2 is 1.92 bits per heavy atom. The van der Waals surface area contributed by atoms with E-state index in [-0.39, 0.29) is 16.7 Å². The first-order chi connectivity index (χ1) is 5.88. The summed E-state index contributed by atoms with van der Waals surface area (Å²) in [5.74, 6) is 0. The summed E-state index contributed by atoms with van der Waals surface area (Å²) in [4.78, 5) is 0.115. The van der Waals surface area contributed by atoms with Crippen molar-refractivity contribution in [2.24, 2.45) is 0 Å². The molecule has 0 saturated heterocycles. The molecule has 6 heteroatoms. The van der Waals surface area contributed by atoms with Crippen LogP contribution in [0, 0.1) is 0 Å². The molecule has 0 heterocycles. The number of halogens is 5. The lowest BCUT2D eigenvalue weighted by Gasteiger charge is -2.05. The van der Waals surface area contributed by atoms with Gasteiger partial charge in [0.2, 0.25) is 0 Å². The maximum atomic E-state index is 11.9. The molecule has 0 nitrogen and oxygen atoms in total. The molecule has 0 aromatic heterocycles. The molecule has 0 fully saturated rings. The fourth-order valence-electron chi connectivity index (χ4n) is 0.674. The third-order valence-corrected chi connectivity index (χ3v) is 3.06. The summed E-state index contributed by atoms with van der Waals surface area (Å²) in [6, 6.07) is 4.07. The lowest BCUT2D eigenvalue weighted by molar-refractivity contribution is -0.0328. The van der Waals surface area contributed by atoms with Crippen molar-refractivity contribution in [2.45, 2.75) is 10.4 Å². The van der Waals surface area contributed by atoms with Crippen molar-refractivity contribution < 1.29 is 13.2 Å². The van der Waals surface area contributed by atoms with Gasteiger partial charge in [0, 0.05) is 9.37 Å². The second kappa shape index (κ2) is 4.11. The van der Waals surface area contributed by atoms with Crippen LogP contribution in [0.4, 0.5) is 13.2 Å². The van der Waals surface area contributed by atoms with Crippen LogP contribution in [0.5, 0.6) is 0 Å². The Morgan fingerprint density at radius 3 is 2.38 bits per heavy atom. The van der Waals surface area contributed by atoms with E-state index < -0.39 is 5.51 Å². The number of rotatable bonds is 1. The van der Waals surface area contributed by atoms with E-state index in [1.807, 2.05) is 0 Å². The predicted octanol–water partition coefficient (Wildman–Crippen LogP) is 4.71. The normalized spacial score (nSPS) is 11.8. The van der Waals surface area contributed by atoms with Crippen molar-refractivity contribution in [3.05, 3.63) is 27.7 Å². The molecule has 1 rings (SSSR count). The van der Waals surface area contributed by atoms with Crippen LogP contribution in [0.2, 0.25) is 5.02 Å². The first kappa shape index (κ1) is 11.2. The van der Waals surface area contributed by atoms with Crippen molar-refractivity contribution in [3.63, 3.8) is 0 Å². The molecule has 72 valence electrons. The largest absolute Gasteiger partial charge is 0.446 e. The van der Waals surface area contributed by atoms with E-state index in [9.17, 15) is 13.2 Å². The maximum Gasteiger partial charge on any atom is 0.446 e. The minimum absolute atomic E-state index is 0.115. The van der Waals surface area contributed by atoms with Crippen molar-refractivity contribution in [1.82, 2.24) is 0 Å². The van der Waals surface area contributed by atoms with Crippen LogP contribution in [-0.4, -0.2) is 5.51 Å². The number of thioether (sulfide) groups is 1. The highest BCUT2D eigenvalue weighted by atomic mass is 79.9. The Labute approximate surface area is 90.6 Å². The van der Waals surface area contributed by atoms with Crippen LogP contribution in [0.15, 0.2) is 27.6 Å². The molecule has 1 aromatic carbocycles. The first-order valence-corrected chi connectivity index (χ1v) is 5.08. The molecule has 0 unspecified atom stereocenters. The Bertz CT molecular complexity index is 313. The summed E-state index contributed by atoms with van der Waals surface area (Å²) in [6.07, 6.45) is 0. The first-order valence-electron chi connectivity index (χ1n) is 3.09. The number of alkyl halides is 3. The monoisotopic (exact) mass is 290 g/mol. The zero-order valence-corrected chi connectivity index (χ0v) is 9.19. The molecule has 0 aliphatic carbocycles. The molecule has 0 amide bonds. The molecular formula is C7H3BrClF3S. The molecule has 0 N–H and O–H groups in total. The Morgan fingerprint density at radius 1 is 1.31 bits per heavy atom. The molecule has 0 aliphatic heterocycles. The summed E-state index contributed by atoms with van der Waals surface area (Å²) >= 11 is 8.49. The van der Waals surface area contributed by atoms with Gasteiger partial charge in [-0.05, 0) is 45.9 Å². The van der Waals surface area contributed by atoms with E-state index in [1.54, 1.807) is 0 Å². The third kappa shape index (κ3) is 3.79. The van der Waals surface area contributed by atoms with Crippen LogP contribution in [0.1, 0.15) is 0 Å². The standard InChI is InChI=1S/C7H3BrClF3S/c8-5-3-4(1-2-6(5)9)13-7(10,11)12/h1-3H. The Hall–Kier alpha value is 0.130. The molecule has 0 spiro atoms. The minimum Gasteiger partial charge on any atom is -0.160 e. The second-order valence-electron chi connectivity index (χ2n) is 2.12. The van der Waals surface area contributed by atoms with Gasteiger partial charge in [-0.3, -0.25) is 0 Å². The van der Waals surface area contributed by atoms with E-state index >= 15 is 0 Å². The molecule has 0 atom stereocenters. The van der Waals surface area contributed by atoms with Gasteiger partial charge in [-0.25, -0.2) is 0 Å². The van der Waals surface area contributed by atoms with Gasteiger partial charge >= 0.3 is 5.51 Å². The number of hydrogen-bond acceptors (Lipinski definition) is 1. The molecule has 13 heavy (non-hydrogen) atoms. The van der Waals surface area contributed by atoms with E-state index in [4.69, 9.17) is 11.6 Å². The van der Waals surface area contributed by atoms with Crippen molar-refractivity contribution in [2.75, 3.05) is 0 Å². The van der Waals surface area contributed by atoms with Crippen LogP contribution in [0.25, 0.3) is 0 Å². The molecule has 0 saturated carbocycles. The van der Waals surface area contributed by atoms with E-state index in [0.29, 0.717) is 9.50 Å². The van der Waals surface area contributed by atoms with Gasteiger partial charge in [0.25, 0.3) is 0 Å². The van der Waals surface area contributed by atoms with Gasteiger partial charge in [0.05, 0.1) is 5.02 Å². The van der Waals surface area contributed by atoms with Gasteiger partial charge < -0.3 is 0 Å². The average Bonchev–Trinajstić information content (AvgIpc) is 1.94. The number of benzene rings is 1. The van der Waals surface area contributed by atoms with Gasteiger partial charge in [0.1, 0.15) is 0 Å². The summed E-state index contributed by atoms with van der Waals surface area (Å²) in [5, 5.41) is 0.395. The Kier molecular flexibility index (Phi) is 3.54. The molecule has 1 aromatic rings. The smallest absolute Gasteiger partial charge is 0.160 e. The SMILES string of the molecule is FC(F)(F)Sc1ccc(Cl)c(Br)c1. The highest BCUT2D eigenvalue weighted by Gasteiger charge is 2.29. The summed E-state index contributed by atoms with van der Waals surface area (Å²) in [6.45, 7) is 0. The van der Waals surface area contributed by atoms with Gasteiger partial charge in [-0.1, -0.05) is 11.6 Å². The summed E-state index contributed by atoms with van der Waals surface area (Å²) < 4.78 is 36.1. The molecule has 0 radical (unpaired) electrons. The molecule has 0 aliphatic rings. The zero-order valence-electron chi connectivity index (χ0n) is 6.03. The highest BCUT2D eigenvalue weighted by molar-refractivity contribution is 9.10. The summed E-state index contributed by atoms with van der Waals surface area (Å²) in [7, 11) is 0. The lowest BCUT2D eigenvalue weighted by Crippen LogP contribution is -1.98. The van der Waals surface area contributed by atoms with E-state index in [2.05, 4.69) is 15.9 Å². The van der Waals surface area contributed by atoms with Crippen molar-refractivity contribution in [3.8, 4) is 0 Å².